The van der Waals surface area contributed by atoms with Crippen LogP contribution in [0.4, 0.5) is 0 Å². The van der Waals surface area contributed by atoms with Crippen LogP contribution in [-0.4, -0.2) is 48.4 Å². The summed E-state index contributed by atoms with van der Waals surface area (Å²) in [5.74, 6) is 1.56. The molecule has 0 atom stereocenters. The van der Waals surface area contributed by atoms with Crippen LogP contribution in [0.15, 0.2) is 23.3 Å². The Kier molecular flexibility index (Phi) is 9.77. The van der Waals surface area contributed by atoms with Crippen molar-refractivity contribution in [3.05, 3.63) is 29.6 Å². The van der Waals surface area contributed by atoms with Gasteiger partial charge < -0.3 is 15.5 Å². The molecule has 1 aromatic rings. The van der Waals surface area contributed by atoms with E-state index in [2.05, 4.69) is 40.4 Å². The predicted octanol–water partition coefficient (Wildman–Crippen LogP) is 2.32. The van der Waals surface area contributed by atoms with Gasteiger partial charge in [-0.25, -0.2) is 4.99 Å². The van der Waals surface area contributed by atoms with Crippen molar-refractivity contribution in [1.29, 1.82) is 0 Å². The minimum Gasteiger partial charge on any atom is -0.359 e. The number of rotatable bonds is 5. The second kappa shape index (κ2) is 11.3. The number of amides is 1. The zero-order valence-corrected chi connectivity index (χ0v) is 17.7. The van der Waals surface area contributed by atoms with Crippen molar-refractivity contribution in [2.45, 2.75) is 39.7 Å². The van der Waals surface area contributed by atoms with E-state index in [1.54, 1.807) is 7.05 Å². The van der Waals surface area contributed by atoms with Gasteiger partial charge >= 0.3 is 0 Å². The third-order valence-electron chi connectivity index (χ3n) is 4.50. The number of guanidine groups is 1. The third kappa shape index (κ3) is 6.80. The Morgan fingerprint density at radius 1 is 1.40 bits per heavy atom. The van der Waals surface area contributed by atoms with Gasteiger partial charge in [0.05, 0.1) is 12.2 Å². The van der Waals surface area contributed by atoms with Crippen LogP contribution in [0.1, 0.15) is 37.4 Å². The van der Waals surface area contributed by atoms with Gasteiger partial charge in [0.1, 0.15) is 0 Å². The smallest absolute Gasteiger partial charge is 0.220 e. The third-order valence-corrected chi connectivity index (χ3v) is 4.50. The highest BCUT2D eigenvalue weighted by Gasteiger charge is 2.23. The highest BCUT2D eigenvalue weighted by Crippen LogP contribution is 2.20. The molecular weight excluding hydrogens is 429 g/mol. The van der Waals surface area contributed by atoms with Crippen LogP contribution < -0.4 is 10.6 Å². The van der Waals surface area contributed by atoms with Crippen LogP contribution >= 0.6 is 24.0 Å². The van der Waals surface area contributed by atoms with Crippen LogP contribution in [0.25, 0.3) is 0 Å². The Bertz CT molecular complexity index is 570. The summed E-state index contributed by atoms with van der Waals surface area (Å²) in [6, 6.07) is 4.01. The molecule has 1 fully saturated rings. The van der Waals surface area contributed by atoms with Gasteiger partial charge in [0, 0.05) is 39.3 Å². The van der Waals surface area contributed by atoms with Crippen molar-refractivity contribution in [2.75, 3.05) is 26.7 Å². The predicted molar refractivity (Wildman–Crippen MR) is 112 cm³/mol. The lowest BCUT2D eigenvalue weighted by Gasteiger charge is -2.34. The Labute approximate surface area is 167 Å². The van der Waals surface area contributed by atoms with Crippen LogP contribution in [0, 0.1) is 12.8 Å². The van der Waals surface area contributed by atoms with Crippen molar-refractivity contribution in [3.63, 3.8) is 0 Å². The molecule has 2 N–H and O–H groups in total. The highest BCUT2D eigenvalue weighted by atomic mass is 127. The summed E-state index contributed by atoms with van der Waals surface area (Å²) in [4.78, 5) is 23.0. The van der Waals surface area contributed by atoms with Crippen LogP contribution in [0.5, 0.6) is 0 Å². The van der Waals surface area contributed by atoms with E-state index in [0.717, 1.165) is 44.1 Å². The molecule has 0 aliphatic carbocycles. The van der Waals surface area contributed by atoms with Gasteiger partial charge in [0.25, 0.3) is 0 Å². The molecule has 1 amide bonds. The number of piperidine rings is 1. The monoisotopic (exact) mass is 459 g/mol. The molecule has 25 heavy (non-hydrogen) atoms. The number of nitrogens with one attached hydrogen (secondary N) is 2. The number of aromatic nitrogens is 1. The van der Waals surface area contributed by atoms with Gasteiger partial charge in [-0.2, -0.15) is 0 Å². The normalized spacial score (nSPS) is 15.5. The number of nitrogens with zero attached hydrogens (tertiary/aromatic N) is 3. The molecule has 1 saturated heterocycles. The fraction of sp³-hybridized carbons (Fsp3) is 0.611. The molecule has 7 heteroatoms. The first kappa shape index (κ1) is 21.7. The first-order valence-corrected chi connectivity index (χ1v) is 8.78. The molecule has 0 radical (unpaired) electrons. The first-order valence-electron chi connectivity index (χ1n) is 8.78. The van der Waals surface area contributed by atoms with Crippen molar-refractivity contribution in [1.82, 2.24) is 20.5 Å². The molecular formula is C18H30IN5O. The molecule has 1 aliphatic heterocycles. The number of carbonyl (C=O) groups is 1. The summed E-state index contributed by atoms with van der Waals surface area (Å²) in [6.07, 6.45) is 4.50. The molecule has 2 heterocycles. The Hall–Kier alpha value is -1.38. The maximum Gasteiger partial charge on any atom is 0.220 e. The van der Waals surface area contributed by atoms with Crippen molar-refractivity contribution in [2.24, 2.45) is 10.9 Å². The number of aryl methyl sites for hydroxylation is 1. The second-order valence-electron chi connectivity index (χ2n) is 6.24. The average molecular weight is 459 g/mol. The van der Waals surface area contributed by atoms with Gasteiger partial charge in [0.15, 0.2) is 5.96 Å². The van der Waals surface area contributed by atoms with E-state index < -0.39 is 0 Å². The molecule has 0 spiro atoms. The summed E-state index contributed by atoms with van der Waals surface area (Å²) in [5, 5.41) is 6.09. The van der Waals surface area contributed by atoms with Crippen molar-refractivity contribution >= 4 is 35.8 Å². The van der Waals surface area contributed by atoms with Gasteiger partial charge in [-0.1, -0.05) is 6.07 Å². The van der Waals surface area contributed by atoms with Crippen molar-refractivity contribution in [3.8, 4) is 0 Å². The quantitative estimate of drug-likeness (QED) is 0.403. The van der Waals surface area contributed by atoms with Crippen LogP contribution in [0.3, 0.4) is 0 Å². The number of carbonyl (C=O) groups excluding carboxylic acids is 1. The summed E-state index contributed by atoms with van der Waals surface area (Å²) in [7, 11) is 1.70. The SMILES string of the molecule is CCNC(=NCc1ncccc1C)N1CCC(CC(=O)NC)CC1.I. The number of aliphatic imine (C=N–C) groups is 1. The zero-order valence-electron chi connectivity index (χ0n) is 15.4. The van der Waals surface area contributed by atoms with Gasteiger partial charge in [0.2, 0.25) is 5.91 Å². The molecule has 0 bridgehead atoms. The van der Waals surface area contributed by atoms with Gasteiger partial charge in [-0.3, -0.25) is 9.78 Å². The zero-order chi connectivity index (χ0) is 17.4. The fourth-order valence-corrected chi connectivity index (χ4v) is 2.97. The Morgan fingerprint density at radius 2 is 2.12 bits per heavy atom. The number of hydrogen-bond acceptors (Lipinski definition) is 3. The fourth-order valence-electron chi connectivity index (χ4n) is 2.97. The van der Waals surface area contributed by atoms with Gasteiger partial charge in [-0.15, -0.1) is 24.0 Å². The summed E-state index contributed by atoms with van der Waals surface area (Å²) < 4.78 is 0. The van der Waals surface area contributed by atoms with E-state index in [4.69, 9.17) is 4.99 Å². The molecule has 140 valence electrons. The molecule has 6 nitrogen and oxygen atoms in total. The summed E-state index contributed by atoms with van der Waals surface area (Å²) in [6.45, 7) is 7.46. The number of pyridine rings is 1. The number of likely N-dealkylation sites (tertiary alicyclic amines) is 1. The summed E-state index contributed by atoms with van der Waals surface area (Å²) >= 11 is 0. The molecule has 1 aromatic heterocycles. The lowest BCUT2D eigenvalue weighted by atomic mass is 9.93. The first-order chi connectivity index (χ1) is 11.6. The van der Waals surface area contributed by atoms with Crippen LogP contribution in [-0.2, 0) is 11.3 Å². The van der Waals surface area contributed by atoms with Gasteiger partial charge in [-0.05, 0) is 44.2 Å². The number of hydrogen-bond donors (Lipinski definition) is 2. The van der Waals surface area contributed by atoms with E-state index in [9.17, 15) is 4.79 Å². The minimum atomic E-state index is 0. The molecule has 0 aromatic carbocycles. The molecule has 0 saturated carbocycles. The lowest BCUT2D eigenvalue weighted by Crippen LogP contribution is -2.46. The Balaban J connectivity index is 0.00000312. The van der Waals surface area contributed by atoms with E-state index in [-0.39, 0.29) is 29.9 Å². The number of halogens is 1. The topological polar surface area (TPSA) is 69.6 Å². The van der Waals surface area contributed by atoms with E-state index >= 15 is 0 Å². The van der Waals surface area contributed by atoms with E-state index in [1.807, 2.05) is 12.3 Å². The van der Waals surface area contributed by atoms with Crippen LogP contribution in [0.2, 0.25) is 0 Å². The standard InChI is InChI=1S/C18H29N5O.HI/c1-4-20-18(22-13-16-14(2)6-5-9-21-16)23-10-7-15(8-11-23)12-17(24)19-3;/h5-6,9,15H,4,7-8,10-13H2,1-3H3,(H,19,24)(H,20,22);1H. The highest BCUT2D eigenvalue weighted by molar-refractivity contribution is 14.0. The maximum atomic E-state index is 11.5. The maximum absolute atomic E-state index is 11.5. The largest absolute Gasteiger partial charge is 0.359 e. The summed E-state index contributed by atoms with van der Waals surface area (Å²) in [5.41, 5.74) is 2.18. The van der Waals surface area contributed by atoms with Crippen molar-refractivity contribution < 1.29 is 4.79 Å². The minimum absolute atomic E-state index is 0. The lowest BCUT2D eigenvalue weighted by molar-refractivity contribution is -0.121. The Morgan fingerprint density at radius 3 is 2.72 bits per heavy atom. The van der Waals surface area contributed by atoms with E-state index in [1.165, 1.54) is 5.56 Å². The second-order valence-corrected chi connectivity index (χ2v) is 6.24. The molecule has 0 unspecified atom stereocenters. The van der Waals surface area contributed by atoms with E-state index in [0.29, 0.717) is 18.9 Å². The molecule has 1 aliphatic rings. The molecule has 2 rings (SSSR count). The average Bonchev–Trinajstić information content (AvgIpc) is 2.60.